The molecule has 0 fully saturated rings. The minimum absolute atomic E-state index is 0.0482. The molecule has 146 valence electrons. The van der Waals surface area contributed by atoms with Crippen LogP contribution in [0.2, 0.25) is 5.02 Å². The second kappa shape index (κ2) is 8.64. The molecule has 0 aliphatic heterocycles. The smallest absolute Gasteiger partial charge is 0.233 e. The van der Waals surface area contributed by atoms with E-state index in [9.17, 15) is 4.79 Å². The maximum atomic E-state index is 13.3. The summed E-state index contributed by atoms with van der Waals surface area (Å²) in [6, 6.07) is 23.1. The summed E-state index contributed by atoms with van der Waals surface area (Å²) in [5.74, 6) is 0.720. The zero-order valence-electron chi connectivity index (χ0n) is 15.8. The molecule has 1 heterocycles. The number of hydrogen-bond donors (Lipinski definition) is 0. The highest BCUT2D eigenvalue weighted by molar-refractivity contribution is 7.22. The van der Waals surface area contributed by atoms with Gasteiger partial charge in [0.25, 0.3) is 0 Å². The third-order valence-electron chi connectivity index (χ3n) is 4.60. The molecule has 0 bridgehead atoms. The second-order valence-corrected chi connectivity index (χ2v) is 7.98. The first kappa shape index (κ1) is 19.4. The van der Waals surface area contributed by atoms with E-state index >= 15 is 0 Å². The van der Waals surface area contributed by atoms with Crippen molar-refractivity contribution in [2.24, 2.45) is 0 Å². The number of benzene rings is 3. The van der Waals surface area contributed by atoms with Crippen LogP contribution >= 0.6 is 22.9 Å². The minimum atomic E-state index is -0.0482. The number of halogens is 1. The molecule has 0 radical (unpaired) electrons. The summed E-state index contributed by atoms with van der Waals surface area (Å²) < 4.78 is 6.29. The Morgan fingerprint density at radius 1 is 1.07 bits per heavy atom. The Balaban J connectivity index is 1.70. The molecule has 29 heavy (non-hydrogen) atoms. The minimum Gasteiger partial charge on any atom is -0.497 e. The van der Waals surface area contributed by atoms with Crippen LogP contribution in [0.3, 0.4) is 0 Å². The first-order valence-electron chi connectivity index (χ1n) is 9.16. The summed E-state index contributed by atoms with van der Waals surface area (Å²) in [5.41, 5.74) is 2.69. The molecule has 0 spiro atoms. The highest BCUT2D eigenvalue weighted by Crippen LogP contribution is 2.33. The lowest BCUT2D eigenvalue weighted by atomic mass is 10.1. The van der Waals surface area contributed by atoms with Gasteiger partial charge in [0, 0.05) is 5.02 Å². The molecular weight excluding hydrogens is 404 g/mol. The normalized spacial score (nSPS) is 10.8. The number of ether oxygens (including phenoxy) is 1. The summed E-state index contributed by atoms with van der Waals surface area (Å²) in [6.45, 7) is 0.446. The number of carbonyl (C=O) groups is 1. The fourth-order valence-corrected chi connectivity index (χ4v) is 4.28. The molecular formula is C23H19ClN2O2S. The van der Waals surface area contributed by atoms with Gasteiger partial charge >= 0.3 is 0 Å². The van der Waals surface area contributed by atoms with Gasteiger partial charge in [-0.3, -0.25) is 9.69 Å². The monoisotopic (exact) mass is 422 g/mol. The van der Waals surface area contributed by atoms with Crippen molar-refractivity contribution < 1.29 is 9.53 Å². The SMILES string of the molecule is COc1ccc2nc(N(Cc3ccccc3)C(=O)Cc3ccccc3Cl)sc2c1. The zero-order chi connectivity index (χ0) is 20.2. The molecule has 0 aliphatic carbocycles. The molecule has 6 heteroatoms. The van der Waals surface area contributed by atoms with Crippen molar-refractivity contribution in [1.82, 2.24) is 4.98 Å². The number of rotatable bonds is 6. The molecule has 0 saturated heterocycles. The summed E-state index contributed by atoms with van der Waals surface area (Å²) in [4.78, 5) is 19.7. The molecule has 4 aromatic rings. The average molecular weight is 423 g/mol. The molecule has 4 rings (SSSR count). The van der Waals surface area contributed by atoms with Crippen molar-refractivity contribution in [2.75, 3.05) is 12.0 Å². The lowest BCUT2D eigenvalue weighted by molar-refractivity contribution is -0.118. The Labute approximate surface area is 178 Å². The highest BCUT2D eigenvalue weighted by Gasteiger charge is 2.21. The van der Waals surface area contributed by atoms with Gasteiger partial charge in [0.1, 0.15) is 5.75 Å². The Morgan fingerprint density at radius 2 is 1.83 bits per heavy atom. The van der Waals surface area contributed by atoms with Gasteiger partial charge in [-0.1, -0.05) is 71.5 Å². The molecule has 4 nitrogen and oxygen atoms in total. The molecule has 1 amide bonds. The standard InChI is InChI=1S/C23H19ClN2O2S/c1-28-18-11-12-20-21(14-18)29-23(25-20)26(15-16-7-3-2-4-8-16)22(27)13-17-9-5-6-10-19(17)24/h2-12,14H,13,15H2,1H3. The third kappa shape index (κ3) is 4.42. The van der Waals surface area contributed by atoms with E-state index in [0.717, 1.165) is 27.1 Å². The van der Waals surface area contributed by atoms with Gasteiger partial charge in [-0.05, 0) is 35.4 Å². The summed E-state index contributed by atoms with van der Waals surface area (Å²) in [7, 11) is 1.64. The third-order valence-corrected chi connectivity index (χ3v) is 6.01. The number of thiazole rings is 1. The van der Waals surface area contributed by atoms with Gasteiger partial charge in [0.05, 0.1) is 30.3 Å². The van der Waals surface area contributed by atoms with Gasteiger partial charge in [-0.2, -0.15) is 0 Å². The van der Waals surface area contributed by atoms with Crippen LogP contribution in [0.1, 0.15) is 11.1 Å². The van der Waals surface area contributed by atoms with E-state index in [1.54, 1.807) is 18.1 Å². The number of fused-ring (bicyclic) bond motifs is 1. The zero-order valence-corrected chi connectivity index (χ0v) is 17.4. The topological polar surface area (TPSA) is 42.4 Å². The van der Waals surface area contributed by atoms with Crippen LogP contribution in [-0.4, -0.2) is 18.0 Å². The van der Waals surface area contributed by atoms with Crippen LogP contribution in [-0.2, 0) is 17.8 Å². The largest absolute Gasteiger partial charge is 0.497 e. The molecule has 0 aliphatic rings. The number of anilines is 1. The molecule has 0 N–H and O–H groups in total. The Morgan fingerprint density at radius 3 is 2.59 bits per heavy atom. The van der Waals surface area contributed by atoms with Crippen LogP contribution in [0.5, 0.6) is 5.75 Å². The summed E-state index contributed by atoms with van der Waals surface area (Å²) in [6.07, 6.45) is 0.214. The number of aromatic nitrogens is 1. The van der Waals surface area contributed by atoms with Crippen LogP contribution in [0, 0.1) is 0 Å². The van der Waals surface area contributed by atoms with Gasteiger partial charge < -0.3 is 4.74 Å². The highest BCUT2D eigenvalue weighted by atomic mass is 35.5. The van der Waals surface area contributed by atoms with E-state index in [0.29, 0.717) is 16.7 Å². The first-order chi connectivity index (χ1) is 14.1. The fraction of sp³-hybridized carbons (Fsp3) is 0.130. The summed E-state index contributed by atoms with van der Waals surface area (Å²) >= 11 is 7.76. The Bertz CT molecular complexity index is 1140. The van der Waals surface area contributed by atoms with Gasteiger partial charge in [0.2, 0.25) is 5.91 Å². The van der Waals surface area contributed by atoms with Crippen molar-refractivity contribution in [3.05, 3.63) is 88.9 Å². The lowest BCUT2D eigenvalue weighted by Crippen LogP contribution is -2.31. The quantitative estimate of drug-likeness (QED) is 0.398. The predicted molar refractivity (Wildman–Crippen MR) is 119 cm³/mol. The first-order valence-corrected chi connectivity index (χ1v) is 10.4. The molecule has 0 unspecified atom stereocenters. The van der Waals surface area contributed by atoms with Crippen molar-refractivity contribution in [3.8, 4) is 5.75 Å². The maximum absolute atomic E-state index is 13.3. The predicted octanol–water partition coefficient (Wildman–Crippen LogP) is 5.73. The van der Waals surface area contributed by atoms with Crippen LogP contribution in [0.15, 0.2) is 72.8 Å². The molecule has 3 aromatic carbocycles. The van der Waals surface area contributed by atoms with E-state index < -0.39 is 0 Å². The fourth-order valence-electron chi connectivity index (χ4n) is 3.06. The van der Waals surface area contributed by atoms with Crippen LogP contribution in [0.4, 0.5) is 5.13 Å². The number of nitrogens with zero attached hydrogens (tertiary/aromatic N) is 2. The molecule has 0 atom stereocenters. The van der Waals surface area contributed by atoms with E-state index in [4.69, 9.17) is 21.3 Å². The van der Waals surface area contributed by atoms with Gasteiger partial charge in [-0.25, -0.2) is 4.98 Å². The number of amides is 1. The van der Waals surface area contributed by atoms with Gasteiger partial charge in [0.15, 0.2) is 5.13 Å². The van der Waals surface area contributed by atoms with E-state index in [1.165, 1.54) is 11.3 Å². The van der Waals surface area contributed by atoms with Crippen molar-refractivity contribution >= 4 is 44.2 Å². The number of methoxy groups -OCH3 is 1. The van der Waals surface area contributed by atoms with E-state index in [1.807, 2.05) is 66.7 Å². The maximum Gasteiger partial charge on any atom is 0.233 e. The molecule has 1 aromatic heterocycles. The Hall–Kier alpha value is -2.89. The molecule has 0 saturated carbocycles. The van der Waals surface area contributed by atoms with Crippen molar-refractivity contribution in [3.63, 3.8) is 0 Å². The van der Waals surface area contributed by atoms with Crippen LogP contribution < -0.4 is 9.64 Å². The van der Waals surface area contributed by atoms with Crippen molar-refractivity contribution in [1.29, 1.82) is 0 Å². The lowest BCUT2D eigenvalue weighted by Gasteiger charge is -2.20. The van der Waals surface area contributed by atoms with E-state index in [2.05, 4.69) is 0 Å². The second-order valence-electron chi connectivity index (χ2n) is 6.56. The van der Waals surface area contributed by atoms with Gasteiger partial charge in [-0.15, -0.1) is 0 Å². The number of carbonyl (C=O) groups excluding carboxylic acids is 1. The van der Waals surface area contributed by atoms with E-state index in [-0.39, 0.29) is 12.3 Å². The summed E-state index contributed by atoms with van der Waals surface area (Å²) in [5, 5.41) is 1.25. The van der Waals surface area contributed by atoms with Crippen molar-refractivity contribution in [2.45, 2.75) is 13.0 Å². The average Bonchev–Trinajstić information content (AvgIpc) is 3.17. The Kier molecular flexibility index (Phi) is 5.79. The van der Waals surface area contributed by atoms with Crippen LogP contribution in [0.25, 0.3) is 10.2 Å². The number of hydrogen-bond acceptors (Lipinski definition) is 4.